The molecule has 3 rings (SSSR count). The average Bonchev–Trinajstić information content (AvgIpc) is 2.51. The van der Waals surface area contributed by atoms with Crippen molar-refractivity contribution in [3.63, 3.8) is 0 Å². The van der Waals surface area contributed by atoms with Gasteiger partial charge in [-0.2, -0.15) is 5.10 Å². The van der Waals surface area contributed by atoms with Crippen LogP contribution < -0.4 is 5.43 Å². The van der Waals surface area contributed by atoms with Crippen molar-refractivity contribution in [2.75, 3.05) is 5.43 Å². The fourth-order valence-electron chi connectivity index (χ4n) is 2.22. The Kier molecular flexibility index (Phi) is 3.56. The minimum atomic E-state index is 0.225. The van der Waals surface area contributed by atoms with Gasteiger partial charge in [0.05, 0.1) is 11.9 Å². The summed E-state index contributed by atoms with van der Waals surface area (Å²) in [7, 11) is 0. The van der Waals surface area contributed by atoms with Crippen LogP contribution in [0, 0.1) is 6.92 Å². The highest BCUT2D eigenvalue weighted by molar-refractivity contribution is 6.02. The van der Waals surface area contributed by atoms with Crippen LogP contribution in [0.5, 0.6) is 5.75 Å². The first-order valence-corrected chi connectivity index (χ1v) is 6.80. The van der Waals surface area contributed by atoms with Crippen molar-refractivity contribution in [3.8, 4) is 5.75 Å². The number of aryl methyl sites for hydroxylation is 1. The van der Waals surface area contributed by atoms with E-state index in [-0.39, 0.29) is 5.75 Å². The minimum Gasteiger partial charge on any atom is -0.507 e. The molecule has 3 aromatic carbocycles. The van der Waals surface area contributed by atoms with Gasteiger partial charge in [0.1, 0.15) is 5.75 Å². The molecule has 0 saturated heterocycles. The lowest BCUT2D eigenvalue weighted by molar-refractivity contribution is 0.475. The molecule has 0 fully saturated rings. The van der Waals surface area contributed by atoms with Crippen LogP contribution in [-0.2, 0) is 0 Å². The topological polar surface area (TPSA) is 44.6 Å². The van der Waals surface area contributed by atoms with Gasteiger partial charge in [0, 0.05) is 5.56 Å². The van der Waals surface area contributed by atoms with Crippen molar-refractivity contribution in [1.82, 2.24) is 0 Å². The number of phenols is 1. The molecule has 0 amide bonds. The molecule has 3 nitrogen and oxygen atoms in total. The molecule has 0 aliphatic carbocycles. The van der Waals surface area contributed by atoms with Crippen LogP contribution in [0.1, 0.15) is 11.1 Å². The maximum atomic E-state index is 10.0. The molecule has 3 heteroatoms. The Morgan fingerprint density at radius 2 is 1.71 bits per heavy atom. The predicted octanol–water partition coefficient (Wildman–Crippen LogP) is 4.30. The summed E-state index contributed by atoms with van der Waals surface area (Å²) in [5.74, 6) is 0.225. The predicted molar refractivity (Wildman–Crippen MR) is 88.0 cm³/mol. The molecule has 0 aromatic heterocycles. The fraction of sp³-hybridized carbons (Fsp3) is 0.0556. The van der Waals surface area contributed by atoms with Gasteiger partial charge in [-0.1, -0.05) is 48.0 Å². The molecule has 0 atom stereocenters. The normalized spacial score (nSPS) is 11.1. The van der Waals surface area contributed by atoms with Crippen LogP contribution in [0.25, 0.3) is 10.8 Å². The zero-order chi connectivity index (χ0) is 14.7. The Balaban J connectivity index is 1.89. The van der Waals surface area contributed by atoms with E-state index >= 15 is 0 Å². The molecule has 0 spiro atoms. The quantitative estimate of drug-likeness (QED) is 0.553. The third-order valence-electron chi connectivity index (χ3n) is 3.39. The number of nitrogens with one attached hydrogen (secondary N) is 1. The molecule has 0 aliphatic rings. The average molecular weight is 276 g/mol. The lowest BCUT2D eigenvalue weighted by Crippen LogP contribution is -1.92. The van der Waals surface area contributed by atoms with Gasteiger partial charge in [0.2, 0.25) is 0 Å². The van der Waals surface area contributed by atoms with E-state index in [0.717, 1.165) is 16.5 Å². The summed E-state index contributed by atoms with van der Waals surface area (Å²) in [6.45, 7) is 2.04. The van der Waals surface area contributed by atoms with Crippen LogP contribution >= 0.6 is 0 Å². The van der Waals surface area contributed by atoms with E-state index < -0.39 is 0 Å². The van der Waals surface area contributed by atoms with E-state index in [4.69, 9.17) is 0 Å². The number of hydrogen-bond acceptors (Lipinski definition) is 3. The van der Waals surface area contributed by atoms with Crippen molar-refractivity contribution < 1.29 is 5.11 Å². The molecule has 0 bridgehead atoms. The van der Waals surface area contributed by atoms with Crippen LogP contribution in [0.15, 0.2) is 65.8 Å². The first-order chi connectivity index (χ1) is 10.2. The van der Waals surface area contributed by atoms with Gasteiger partial charge in [-0.25, -0.2) is 0 Å². The second kappa shape index (κ2) is 5.67. The molecular weight excluding hydrogens is 260 g/mol. The molecule has 0 radical (unpaired) electrons. The lowest BCUT2D eigenvalue weighted by atomic mass is 10.0. The second-order valence-electron chi connectivity index (χ2n) is 4.96. The number of hydrogen-bond donors (Lipinski definition) is 2. The summed E-state index contributed by atoms with van der Waals surface area (Å²) >= 11 is 0. The Hall–Kier alpha value is -2.81. The molecule has 104 valence electrons. The fourth-order valence-corrected chi connectivity index (χ4v) is 2.22. The van der Waals surface area contributed by atoms with E-state index in [2.05, 4.69) is 10.5 Å². The number of phenolic OH excluding ortho intramolecular Hbond substituents is 1. The standard InChI is InChI=1S/C18H16N2O/c1-13-6-9-15(10-7-13)20-19-12-17-16-5-3-2-4-14(16)8-11-18(17)21/h2-12,20-21H,1H3/b19-12-. The number of hydrazone groups is 1. The zero-order valence-electron chi connectivity index (χ0n) is 11.7. The highest BCUT2D eigenvalue weighted by Gasteiger charge is 2.03. The van der Waals surface area contributed by atoms with Gasteiger partial charge in [0.25, 0.3) is 0 Å². The third kappa shape index (κ3) is 2.87. The molecular formula is C18H16N2O. The number of aromatic hydroxyl groups is 1. The van der Waals surface area contributed by atoms with E-state index in [1.54, 1.807) is 12.3 Å². The molecule has 0 aliphatic heterocycles. The molecule has 0 heterocycles. The van der Waals surface area contributed by atoms with Crippen LogP contribution in [0.3, 0.4) is 0 Å². The SMILES string of the molecule is Cc1ccc(N/N=C\c2c(O)ccc3ccccc23)cc1. The minimum absolute atomic E-state index is 0.225. The highest BCUT2D eigenvalue weighted by atomic mass is 16.3. The summed E-state index contributed by atoms with van der Waals surface area (Å²) in [5, 5.41) is 16.3. The van der Waals surface area contributed by atoms with Gasteiger partial charge in [0.15, 0.2) is 0 Å². The number of benzene rings is 3. The van der Waals surface area contributed by atoms with Gasteiger partial charge in [-0.15, -0.1) is 0 Å². The molecule has 3 aromatic rings. The number of anilines is 1. The van der Waals surface area contributed by atoms with E-state index in [0.29, 0.717) is 5.56 Å². The smallest absolute Gasteiger partial charge is 0.125 e. The van der Waals surface area contributed by atoms with Crippen molar-refractivity contribution in [1.29, 1.82) is 0 Å². The molecule has 0 saturated carbocycles. The first kappa shape index (κ1) is 13.2. The summed E-state index contributed by atoms with van der Waals surface area (Å²) in [6.07, 6.45) is 1.65. The number of rotatable bonds is 3. The van der Waals surface area contributed by atoms with Crippen LogP contribution in [-0.4, -0.2) is 11.3 Å². The molecule has 0 unspecified atom stereocenters. The lowest BCUT2D eigenvalue weighted by Gasteiger charge is -2.05. The van der Waals surface area contributed by atoms with Crippen molar-refractivity contribution in [2.45, 2.75) is 6.92 Å². The second-order valence-corrected chi connectivity index (χ2v) is 4.96. The largest absolute Gasteiger partial charge is 0.507 e. The Morgan fingerprint density at radius 3 is 2.52 bits per heavy atom. The zero-order valence-corrected chi connectivity index (χ0v) is 11.7. The summed E-state index contributed by atoms with van der Waals surface area (Å²) < 4.78 is 0. The first-order valence-electron chi connectivity index (χ1n) is 6.80. The van der Waals surface area contributed by atoms with Crippen LogP contribution in [0.2, 0.25) is 0 Å². The van der Waals surface area contributed by atoms with Gasteiger partial charge >= 0.3 is 0 Å². The maximum absolute atomic E-state index is 10.0. The van der Waals surface area contributed by atoms with Gasteiger partial charge in [-0.05, 0) is 35.9 Å². The van der Waals surface area contributed by atoms with E-state index in [9.17, 15) is 5.11 Å². The van der Waals surface area contributed by atoms with Gasteiger partial charge < -0.3 is 5.11 Å². The molecule has 2 N–H and O–H groups in total. The van der Waals surface area contributed by atoms with Crippen molar-refractivity contribution >= 4 is 22.7 Å². The highest BCUT2D eigenvalue weighted by Crippen LogP contribution is 2.25. The maximum Gasteiger partial charge on any atom is 0.125 e. The number of nitrogens with zero attached hydrogens (tertiary/aromatic N) is 1. The van der Waals surface area contributed by atoms with E-state index in [1.807, 2.05) is 61.5 Å². The third-order valence-corrected chi connectivity index (χ3v) is 3.39. The van der Waals surface area contributed by atoms with E-state index in [1.165, 1.54) is 5.56 Å². The Morgan fingerprint density at radius 1 is 0.952 bits per heavy atom. The van der Waals surface area contributed by atoms with Crippen molar-refractivity contribution in [3.05, 3.63) is 71.8 Å². The summed E-state index contributed by atoms with van der Waals surface area (Å²) in [6, 6.07) is 19.5. The van der Waals surface area contributed by atoms with Gasteiger partial charge in [-0.3, -0.25) is 5.43 Å². The summed E-state index contributed by atoms with van der Waals surface area (Å²) in [4.78, 5) is 0. The van der Waals surface area contributed by atoms with Crippen LogP contribution in [0.4, 0.5) is 5.69 Å². The Labute approximate surface area is 123 Å². The number of fused-ring (bicyclic) bond motifs is 1. The Bertz CT molecular complexity index is 792. The van der Waals surface area contributed by atoms with Crippen molar-refractivity contribution in [2.24, 2.45) is 5.10 Å². The summed E-state index contributed by atoms with van der Waals surface area (Å²) in [5.41, 5.74) is 5.80. The monoisotopic (exact) mass is 276 g/mol. The molecule has 21 heavy (non-hydrogen) atoms.